The quantitative estimate of drug-likeness (QED) is 0.659. The molecule has 0 spiro atoms. The average molecular weight is 292 g/mol. The van der Waals surface area contributed by atoms with Crippen molar-refractivity contribution in [1.82, 2.24) is 14.7 Å². The minimum atomic E-state index is -0.727. The highest BCUT2D eigenvalue weighted by molar-refractivity contribution is 6.35. The van der Waals surface area contributed by atoms with Crippen molar-refractivity contribution < 1.29 is 14.4 Å². The molecule has 7 heteroatoms. The maximum atomic E-state index is 12.3. The second-order valence-electron chi connectivity index (χ2n) is 5.56. The molecule has 2 fully saturated rings. The standard InChI is InChI=1S/C14H20N4O3/c1-3-17-7-8-18(13(21)12(17)20)9-11(19)16(2)14(10-15)5-4-6-14/h3-9H2,1-2H3. The molecule has 2 rings (SSSR count). The molecule has 0 bridgehead atoms. The fourth-order valence-corrected chi connectivity index (χ4v) is 2.71. The van der Waals surface area contributed by atoms with Gasteiger partial charge in [-0.05, 0) is 26.2 Å². The molecule has 1 aliphatic carbocycles. The molecule has 3 amide bonds. The Morgan fingerprint density at radius 1 is 1.29 bits per heavy atom. The van der Waals surface area contributed by atoms with Gasteiger partial charge in [0.05, 0.1) is 6.07 Å². The molecule has 7 nitrogen and oxygen atoms in total. The Bertz CT molecular complexity index is 507. The molecule has 1 saturated heterocycles. The van der Waals surface area contributed by atoms with Crippen molar-refractivity contribution in [2.45, 2.75) is 31.7 Å². The molecule has 0 N–H and O–H groups in total. The van der Waals surface area contributed by atoms with E-state index in [1.807, 2.05) is 6.92 Å². The van der Waals surface area contributed by atoms with Crippen LogP contribution >= 0.6 is 0 Å². The number of hydrogen-bond acceptors (Lipinski definition) is 4. The first-order chi connectivity index (χ1) is 9.95. The second-order valence-corrected chi connectivity index (χ2v) is 5.56. The lowest BCUT2D eigenvalue weighted by Crippen LogP contribution is -2.59. The molecule has 114 valence electrons. The number of nitriles is 1. The van der Waals surface area contributed by atoms with Gasteiger partial charge in [-0.3, -0.25) is 14.4 Å². The Morgan fingerprint density at radius 3 is 2.33 bits per heavy atom. The van der Waals surface area contributed by atoms with Crippen LogP contribution in [0.25, 0.3) is 0 Å². The number of amides is 3. The molecule has 1 heterocycles. The lowest BCUT2D eigenvalue weighted by Gasteiger charge is -2.43. The van der Waals surface area contributed by atoms with E-state index in [9.17, 15) is 19.6 Å². The summed E-state index contributed by atoms with van der Waals surface area (Å²) in [5.41, 5.74) is -0.727. The summed E-state index contributed by atoms with van der Waals surface area (Å²) in [6.07, 6.45) is 2.27. The molecular formula is C14H20N4O3. The van der Waals surface area contributed by atoms with Gasteiger partial charge in [-0.25, -0.2) is 0 Å². The predicted molar refractivity (Wildman–Crippen MR) is 73.8 cm³/mol. The Labute approximate surface area is 124 Å². The summed E-state index contributed by atoms with van der Waals surface area (Å²) in [5.74, 6) is -1.48. The summed E-state index contributed by atoms with van der Waals surface area (Å²) >= 11 is 0. The number of hydrogen-bond donors (Lipinski definition) is 0. The van der Waals surface area contributed by atoms with E-state index >= 15 is 0 Å². The van der Waals surface area contributed by atoms with E-state index in [2.05, 4.69) is 6.07 Å². The number of rotatable bonds is 4. The molecule has 1 saturated carbocycles. The number of piperazine rings is 1. The molecule has 0 unspecified atom stereocenters. The van der Waals surface area contributed by atoms with E-state index in [0.29, 0.717) is 32.5 Å². The highest BCUT2D eigenvalue weighted by atomic mass is 16.2. The largest absolute Gasteiger partial charge is 0.333 e. The lowest BCUT2D eigenvalue weighted by molar-refractivity contribution is -0.158. The maximum absolute atomic E-state index is 12.3. The van der Waals surface area contributed by atoms with Crippen molar-refractivity contribution in [3.63, 3.8) is 0 Å². The second kappa shape index (κ2) is 5.72. The molecule has 1 aliphatic heterocycles. The van der Waals surface area contributed by atoms with Crippen LogP contribution in [0.5, 0.6) is 0 Å². The van der Waals surface area contributed by atoms with Crippen LogP contribution in [0.1, 0.15) is 26.2 Å². The molecule has 0 aromatic carbocycles. The Hall–Kier alpha value is -2.10. The summed E-state index contributed by atoms with van der Waals surface area (Å²) in [4.78, 5) is 40.2. The van der Waals surface area contributed by atoms with E-state index in [-0.39, 0.29) is 12.5 Å². The van der Waals surface area contributed by atoms with Crippen LogP contribution in [-0.4, -0.2) is 71.2 Å². The average Bonchev–Trinajstić information content (AvgIpc) is 2.43. The minimum Gasteiger partial charge on any atom is -0.333 e. The minimum absolute atomic E-state index is 0.137. The van der Waals surface area contributed by atoms with Gasteiger partial charge in [0.2, 0.25) is 5.91 Å². The van der Waals surface area contributed by atoms with Crippen LogP contribution in [0.4, 0.5) is 0 Å². The van der Waals surface area contributed by atoms with E-state index in [1.165, 1.54) is 14.7 Å². The van der Waals surface area contributed by atoms with Gasteiger partial charge in [0, 0.05) is 26.7 Å². The van der Waals surface area contributed by atoms with Gasteiger partial charge in [0.25, 0.3) is 0 Å². The van der Waals surface area contributed by atoms with E-state index in [0.717, 1.165) is 6.42 Å². The highest BCUT2D eigenvalue weighted by Crippen LogP contribution is 2.36. The number of carbonyl (C=O) groups excluding carboxylic acids is 3. The van der Waals surface area contributed by atoms with Crippen LogP contribution in [-0.2, 0) is 14.4 Å². The Morgan fingerprint density at radius 2 is 1.86 bits per heavy atom. The molecule has 21 heavy (non-hydrogen) atoms. The Balaban J connectivity index is 1.99. The van der Waals surface area contributed by atoms with Crippen molar-refractivity contribution in [3.8, 4) is 6.07 Å². The monoisotopic (exact) mass is 292 g/mol. The number of nitrogens with zero attached hydrogens (tertiary/aromatic N) is 4. The topological polar surface area (TPSA) is 84.7 Å². The predicted octanol–water partition coefficient (Wildman–Crippen LogP) is -0.418. The fourth-order valence-electron chi connectivity index (χ4n) is 2.71. The van der Waals surface area contributed by atoms with E-state index < -0.39 is 17.4 Å². The first kappa shape index (κ1) is 15.3. The zero-order valence-electron chi connectivity index (χ0n) is 12.5. The van der Waals surface area contributed by atoms with Gasteiger partial charge < -0.3 is 14.7 Å². The van der Waals surface area contributed by atoms with Crippen LogP contribution in [0, 0.1) is 11.3 Å². The van der Waals surface area contributed by atoms with Crippen molar-refractivity contribution >= 4 is 17.7 Å². The summed E-state index contributed by atoms with van der Waals surface area (Å²) in [6.45, 7) is 2.97. The summed E-state index contributed by atoms with van der Waals surface area (Å²) in [6, 6.07) is 2.20. The normalized spacial score (nSPS) is 20.8. The van der Waals surface area contributed by atoms with Crippen molar-refractivity contribution in [3.05, 3.63) is 0 Å². The van der Waals surface area contributed by atoms with Crippen LogP contribution in [0.2, 0.25) is 0 Å². The van der Waals surface area contributed by atoms with Crippen molar-refractivity contribution in [1.29, 1.82) is 5.26 Å². The smallest absolute Gasteiger partial charge is 0.312 e. The zero-order valence-corrected chi connectivity index (χ0v) is 12.5. The van der Waals surface area contributed by atoms with Crippen LogP contribution in [0.3, 0.4) is 0 Å². The van der Waals surface area contributed by atoms with E-state index in [1.54, 1.807) is 7.05 Å². The lowest BCUT2D eigenvalue weighted by atomic mass is 9.76. The molecule has 0 radical (unpaired) electrons. The van der Waals surface area contributed by atoms with Crippen molar-refractivity contribution in [2.24, 2.45) is 0 Å². The molecule has 2 aliphatic rings. The highest BCUT2D eigenvalue weighted by Gasteiger charge is 2.44. The van der Waals surface area contributed by atoms with Crippen molar-refractivity contribution in [2.75, 3.05) is 33.2 Å². The van der Waals surface area contributed by atoms with Crippen LogP contribution in [0.15, 0.2) is 0 Å². The summed E-state index contributed by atoms with van der Waals surface area (Å²) < 4.78 is 0. The van der Waals surface area contributed by atoms with Crippen LogP contribution < -0.4 is 0 Å². The van der Waals surface area contributed by atoms with E-state index in [4.69, 9.17) is 0 Å². The van der Waals surface area contributed by atoms with Gasteiger partial charge in [-0.15, -0.1) is 0 Å². The third-order valence-corrected chi connectivity index (χ3v) is 4.51. The van der Waals surface area contributed by atoms with Gasteiger partial charge in [0.1, 0.15) is 12.1 Å². The zero-order chi connectivity index (χ0) is 15.6. The first-order valence-corrected chi connectivity index (χ1v) is 7.21. The summed E-state index contributed by atoms with van der Waals surface area (Å²) in [7, 11) is 1.60. The summed E-state index contributed by atoms with van der Waals surface area (Å²) in [5, 5.41) is 9.24. The molecule has 0 atom stereocenters. The fraction of sp³-hybridized carbons (Fsp3) is 0.714. The number of likely N-dealkylation sites (N-methyl/N-ethyl adjacent to an activating group) is 2. The number of carbonyl (C=O) groups is 3. The van der Waals surface area contributed by atoms with Gasteiger partial charge in [-0.2, -0.15) is 5.26 Å². The van der Waals surface area contributed by atoms with Gasteiger partial charge in [0.15, 0.2) is 0 Å². The SMILES string of the molecule is CCN1CCN(CC(=O)N(C)C2(C#N)CCC2)C(=O)C1=O. The molecule has 0 aromatic rings. The third-order valence-electron chi connectivity index (χ3n) is 4.51. The Kier molecular flexibility index (Phi) is 4.16. The van der Waals surface area contributed by atoms with Gasteiger partial charge >= 0.3 is 11.8 Å². The first-order valence-electron chi connectivity index (χ1n) is 7.21. The molecule has 0 aromatic heterocycles. The maximum Gasteiger partial charge on any atom is 0.312 e. The third kappa shape index (κ3) is 2.58. The van der Waals surface area contributed by atoms with Gasteiger partial charge in [-0.1, -0.05) is 0 Å². The molecular weight excluding hydrogens is 272 g/mol.